The molecule has 0 spiro atoms. The van der Waals surface area contributed by atoms with Crippen LogP contribution in [-0.4, -0.2) is 35.5 Å². The van der Waals surface area contributed by atoms with Gasteiger partial charge in [0.05, 0.1) is 23.1 Å². The first-order valence-electron chi connectivity index (χ1n) is 7.85. The summed E-state index contributed by atoms with van der Waals surface area (Å²) in [5, 5.41) is 20.1. The highest BCUT2D eigenvalue weighted by Crippen LogP contribution is 2.26. The molecule has 0 bridgehead atoms. The smallest absolute Gasteiger partial charge is 0.260 e. The molecule has 1 aromatic carbocycles. The zero-order chi connectivity index (χ0) is 18.3. The van der Waals surface area contributed by atoms with Gasteiger partial charge >= 0.3 is 0 Å². The third-order valence-electron chi connectivity index (χ3n) is 3.76. The molecule has 3 heterocycles. The van der Waals surface area contributed by atoms with Crippen molar-refractivity contribution in [2.45, 2.75) is 19.8 Å². The van der Waals surface area contributed by atoms with Crippen LogP contribution in [0, 0.1) is 0 Å². The Balaban J connectivity index is 1.69. The lowest BCUT2D eigenvalue weighted by atomic mass is 10.1. The number of fused-ring (bicyclic) bond motifs is 1. The van der Waals surface area contributed by atoms with Gasteiger partial charge in [0, 0.05) is 5.02 Å². The monoisotopic (exact) mass is 387 g/mol. The van der Waals surface area contributed by atoms with Gasteiger partial charge in [0.15, 0.2) is 0 Å². The standard InChI is InChI=1S/C16H14ClN7OS/c1-9(2)13-12(7-19-24(13)11-5-3-4-10(17)6-11)14(25)20-15-22-23-8-18-21-16(23)26-15/h3-9H,1-2H3,(H,20,22,25). The van der Waals surface area contributed by atoms with Crippen molar-refractivity contribution in [3.63, 3.8) is 0 Å². The summed E-state index contributed by atoms with van der Waals surface area (Å²) in [6, 6.07) is 7.35. The first kappa shape index (κ1) is 16.7. The van der Waals surface area contributed by atoms with E-state index < -0.39 is 0 Å². The fourth-order valence-electron chi connectivity index (χ4n) is 2.68. The maximum absolute atomic E-state index is 12.8. The van der Waals surface area contributed by atoms with Gasteiger partial charge in [-0.2, -0.15) is 9.61 Å². The van der Waals surface area contributed by atoms with Crippen molar-refractivity contribution >= 4 is 38.9 Å². The SMILES string of the molecule is CC(C)c1c(C(=O)Nc2nn3cnnc3s2)cnn1-c1cccc(Cl)c1. The first-order valence-corrected chi connectivity index (χ1v) is 9.04. The zero-order valence-corrected chi connectivity index (χ0v) is 15.5. The van der Waals surface area contributed by atoms with Gasteiger partial charge in [-0.1, -0.05) is 42.9 Å². The molecule has 1 N–H and O–H groups in total. The van der Waals surface area contributed by atoms with Crippen LogP contribution in [0.2, 0.25) is 5.02 Å². The molecule has 0 fully saturated rings. The van der Waals surface area contributed by atoms with Crippen LogP contribution in [0.5, 0.6) is 0 Å². The molecule has 0 saturated carbocycles. The summed E-state index contributed by atoms with van der Waals surface area (Å²) in [7, 11) is 0. The Hall–Kier alpha value is -2.78. The lowest BCUT2D eigenvalue weighted by molar-refractivity contribution is 0.102. The van der Waals surface area contributed by atoms with Crippen molar-refractivity contribution in [3.8, 4) is 5.69 Å². The quantitative estimate of drug-likeness (QED) is 0.579. The van der Waals surface area contributed by atoms with Crippen molar-refractivity contribution < 1.29 is 4.79 Å². The van der Waals surface area contributed by atoms with Gasteiger partial charge in [-0.25, -0.2) is 4.68 Å². The van der Waals surface area contributed by atoms with E-state index in [4.69, 9.17) is 11.6 Å². The highest BCUT2D eigenvalue weighted by atomic mass is 35.5. The summed E-state index contributed by atoms with van der Waals surface area (Å²) in [6.45, 7) is 4.02. The lowest BCUT2D eigenvalue weighted by Gasteiger charge is -2.12. The van der Waals surface area contributed by atoms with Crippen molar-refractivity contribution in [1.29, 1.82) is 0 Å². The molecule has 4 aromatic rings. The highest BCUT2D eigenvalue weighted by Gasteiger charge is 2.22. The number of rotatable bonds is 4. The number of anilines is 1. The summed E-state index contributed by atoms with van der Waals surface area (Å²) in [5.41, 5.74) is 2.10. The van der Waals surface area contributed by atoms with Crippen LogP contribution in [0.1, 0.15) is 35.8 Å². The predicted octanol–water partition coefficient (Wildman–Crippen LogP) is 3.40. The Morgan fingerprint density at radius 2 is 2.19 bits per heavy atom. The largest absolute Gasteiger partial charge is 0.296 e. The summed E-state index contributed by atoms with van der Waals surface area (Å²) >= 11 is 7.34. The molecule has 1 amide bonds. The van der Waals surface area contributed by atoms with Crippen molar-refractivity contribution in [2.75, 3.05) is 5.32 Å². The number of carbonyl (C=O) groups is 1. The number of halogens is 1. The zero-order valence-electron chi connectivity index (χ0n) is 13.9. The van der Waals surface area contributed by atoms with E-state index in [1.165, 1.54) is 22.2 Å². The molecule has 8 nitrogen and oxygen atoms in total. The van der Waals surface area contributed by atoms with Gasteiger partial charge in [-0.05, 0) is 24.1 Å². The van der Waals surface area contributed by atoms with Crippen LogP contribution in [0.15, 0.2) is 36.8 Å². The topological polar surface area (TPSA) is 90.0 Å². The van der Waals surface area contributed by atoms with Crippen LogP contribution < -0.4 is 5.32 Å². The Morgan fingerprint density at radius 3 is 2.92 bits per heavy atom. The minimum absolute atomic E-state index is 0.0787. The van der Waals surface area contributed by atoms with E-state index in [0.29, 0.717) is 20.7 Å². The number of benzene rings is 1. The average Bonchev–Trinajstić information content (AvgIpc) is 3.28. The van der Waals surface area contributed by atoms with E-state index in [2.05, 4.69) is 25.7 Å². The molecule has 0 saturated heterocycles. The molecule has 0 radical (unpaired) electrons. The van der Waals surface area contributed by atoms with Crippen molar-refractivity contribution in [3.05, 3.63) is 53.1 Å². The number of amides is 1. The molecule has 0 aliphatic rings. The maximum Gasteiger partial charge on any atom is 0.260 e. The highest BCUT2D eigenvalue weighted by molar-refractivity contribution is 7.20. The summed E-state index contributed by atoms with van der Waals surface area (Å²) in [6.07, 6.45) is 3.05. The number of aromatic nitrogens is 6. The van der Waals surface area contributed by atoms with Crippen LogP contribution >= 0.6 is 22.9 Å². The molecule has 0 aliphatic heterocycles. The first-order chi connectivity index (χ1) is 12.5. The molecule has 3 aromatic heterocycles. The molecule has 0 aliphatic carbocycles. The number of nitrogens with one attached hydrogen (secondary N) is 1. The molecule has 10 heteroatoms. The molecule has 0 unspecified atom stereocenters. The molecular formula is C16H14ClN7OS. The second-order valence-corrected chi connectivity index (χ2v) is 7.30. The Labute approximate surface area is 157 Å². The van der Waals surface area contributed by atoms with Crippen LogP contribution in [0.25, 0.3) is 10.6 Å². The van der Waals surface area contributed by atoms with Crippen LogP contribution in [0.3, 0.4) is 0 Å². The lowest BCUT2D eigenvalue weighted by Crippen LogP contribution is -2.15. The Morgan fingerprint density at radius 1 is 1.35 bits per heavy atom. The summed E-state index contributed by atoms with van der Waals surface area (Å²) < 4.78 is 3.25. The Bertz CT molecular complexity index is 1070. The second-order valence-electron chi connectivity index (χ2n) is 5.91. The number of hydrogen-bond donors (Lipinski definition) is 1. The number of nitrogens with zero attached hydrogens (tertiary/aromatic N) is 6. The van der Waals surface area contributed by atoms with E-state index in [1.54, 1.807) is 16.9 Å². The number of hydrogen-bond acceptors (Lipinski definition) is 6. The number of carbonyl (C=O) groups excluding carboxylic acids is 1. The van der Waals surface area contributed by atoms with E-state index in [0.717, 1.165) is 11.4 Å². The Kier molecular flexibility index (Phi) is 4.17. The molecule has 26 heavy (non-hydrogen) atoms. The molecule has 4 rings (SSSR count). The van der Waals surface area contributed by atoms with E-state index in [-0.39, 0.29) is 11.8 Å². The van der Waals surface area contributed by atoms with E-state index in [9.17, 15) is 4.79 Å². The van der Waals surface area contributed by atoms with Gasteiger partial charge in [0.1, 0.15) is 6.33 Å². The van der Waals surface area contributed by atoms with Gasteiger partial charge in [0.2, 0.25) is 10.1 Å². The molecule has 0 atom stereocenters. The van der Waals surface area contributed by atoms with E-state index in [1.807, 2.05) is 32.0 Å². The summed E-state index contributed by atoms with van der Waals surface area (Å²) in [4.78, 5) is 13.4. The maximum atomic E-state index is 12.8. The third kappa shape index (κ3) is 2.95. The van der Waals surface area contributed by atoms with Crippen LogP contribution in [0.4, 0.5) is 5.13 Å². The van der Waals surface area contributed by atoms with Gasteiger partial charge in [0.25, 0.3) is 5.91 Å². The van der Waals surface area contributed by atoms with Gasteiger partial charge in [-0.3, -0.25) is 10.1 Å². The molecular weight excluding hydrogens is 374 g/mol. The minimum Gasteiger partial charge on any atom is -0.296 e. The van der Waals surface area contributed by atoms with Gasteiger partial charge in [-0.15, -0.1) is 15.3 Å². The van der Waals surface area contributed by atoms with Gasteiger partial charge < -0.3 is 0 Å². The fraction of sp³-hybridized carbons (Fsp3) is 0.188. The normalized spacial score (nSPS) is 11.4. The average molecular weight is 388 g/mol. The minimum atomic E-state index is -0.271. The second kappa shape index (κ2) is 6.50. The fourth-order valence-corrected chi connectivity index (χ4v) is 3.58. The van der Waals surface area contributed by atoms with Crippen LogP contribution in [-0.2, 0) is 0 Å². The van der Waals surface area contributed by atoms with Crippen molar-refractivity contribution in [2.24, 2.45) is 0 Å². The molecule has 132 valence electrons. The van der Waals surface area contributed by atoms with E-state index >= 15 is 0 Å². The predicted molar refractivity (Wildman–Crippen MR) is 99.3 cm³/mol. The van der Waals surface area contributed by atoms with Crippen molar-refractivity contribution in [1.82, 2.24) is 29.6 Å². The summed E-state index contributed by atoms with van der Waals surface area (Å²) in [5.74, 6) is -0.193. The third-order valence-corrected chi connectivity index (χ3v) is 4.82.